The van der Waals surface area contributed by atoms with Crippen LogP contribution in [0.2, 0.25) is 0 Å². The molecule has 12 heteroatoms. The van der Waals surface area contributed by atoms with E-state index in [0.717, 1.165) is 16.1 Å². The van der Waals surface area contributed by atoms with Crippen LogP contribution in [0.4, 0.5) is 21.6 Å². The van der Waals surface area contributed by atoms with Gasteiger partial charge in [-0.05, 0) is 48.1 Å². The molecule has 0 saturated heterocycles. The molecule has 6 rings (SSSR count). The summed E-state index contributed by atoms with van der Waals surface area (Å²) in [6.45, 7) is 7.28. The van der Waals surface area contributed by atoms with Crippen LogP contribution < -0.4 is 16.2 Å². The fraction of sp³-hybridized carbons (Fsp3) is 0.333. The molecule has 0 fully saturated rings. The van der Waals surface area contributed by atoms with Gasteiger partial charge >= 0.3 is 0 Å². The maximum atomic E-state index is 15.8. The number of rotatable bonds is 5. The third-order valence-corrected chi connectivity index (χ3v) is 8.36. The number of nitrogens with zero attached hydrogens (tertiary/aromatic N) is 3. The van der Waals surface area contributed by atoms with E-state index in [9.17, 15) is 14.7 Å². The fourth-order valence-electron chi connectivity index (χ4n) is 4.98. The summed E-state index contributed by atoms with van der Waals surface area (Å²) in [5.74, 6) is -0.663. The number of hydrogen-bond donors (Lipinski definition) is 4. The first-order valence-corrected chi connectivity index (χ1v) is 13.3. The van der Waals surface area contributed by atoms with Crippen LogP contribution in [0.5, 0.6) is 0 Å². The number of carbonyl (C=O) groups excluding carboxylic acids is 1. The van der Waals surface area contributed by atoms with Gasteiger partial charge in [0, 0.05) is 16.5 Å². The van der Waals surface area contributed by atoms with Crippen LogP contribution in [0, 0.1) is 18.2 Å². The highest BCUT2D eigenvalue weighted by Gasteiger charge is 2.40. The number of anilines is 3. The lowest BCUT2D eigenvalue weighted by Crippen LogP contribution is -2.18. The standard InChI is InChI=1S/C27H27FN6O4S/c1-13-4-5-15(17-10-18(25(36)32-31-17)29-21-8-14-12-38-7-6-34(14)33-21)22(28)23(13)30-26(37)19-9-16-20(39-19)11-27(2,3)24(16)35/h4-5,8-10,24,35H,6-7,11-12H2,1-3H3,(H,30,37)(H,32,36)(H,29,31,33)/t24-/m1/s1. The predicted molar refractivity (Wildman–Crippen MR) is 145 cm³/mol. The molecule has 1 aliphatic heterocycles. The molecule has 4 heterocycles. The van der Waals surface area contributed by atoms with Crippen LogP contribution in [0.3, 0.4) is 0 Å². The van der Waals surface area contributed by atoms with E-state index in [1.54, 1.807) is 35.9 Å². The number of H-pyrrole nitrogens is 1. The summed E-state index contributed by atoms with van der Waals surface area (Å²) in [6.07, 6.45) is 0.0237. The molecular formula is C27H27FN6O4S. The van der Waals surface area contributed by atoms with Crippen molar-refractivity contribution in [1.82, 2.24) is 20.0 Å². The summed E-state index contributed by atoms with van der Waals surface area (Å²) in [5, 5.41) is 27.2. The first kappa shape index (κ1) is 25.4. The summed E-state index contributed by atoms with van der Waals surface area (Å²) in [6, 6.07) is 8.15. The average molecular weight is 551 g/mol. The van der Waals surface area contributed by atoms with Gasteiger partial charge in [-0.15, -0.1) is 11.3 Å². The van der Waals surface area contributed by atoms with Crippen molar-refractivity contribution >= 4 is 34.4 Å². The molecule has 10 nitrogen and oxygen atoms in total. The molecule has 1 atom stereocenters. The number of aliphatic hydroxyl groups excluding tert-OH is 1. The highest BCUT2D eigenvalue weighted by Crippen LogP contribution is 2.48. The van der Waals surface area contributed by atoms with Crippen molar-refractivity contribution in [2.45, 2.75) is 46.4 Å². The van der Waals surface area contributed by atoms with E-state index in [1.165, 1.54) is 17.4 Å². The number of carbonyl (C=O) groups is 1. The first-order chi connectivity index (χ1) is 18.6. The van der Waals surface area contributed by atoms with Crippen LogP contribution in [0.15, 0.2) is 35.1 Å². The summed E-state index contributed by atoms with van der Waals surface area (Å²) < 4.78 is 23.0. The van der Waals surface area contributed by atoms with Gasteiger partial charge in [-0.3, -0.25) is 14.3 Å². The maximum absolute atomic E-state index is 15.8. The number of aromatic amines is 1. The topological polar surface area (TPSA) is 134 Å². The Morgan fingerprint density at radius 3 is 2.90 bits per heavy atom. The molecular weight excluding hydrogens is 523 g/mol. The molecule has 2 aliphatic rings. The van der Waals surface area contributed by atoms with Gasteiger partial charge in [0.15, 0.2) is 11.6 Å². The van der Waals surface area contributed by atoms with Gasteiger partial charge in [-0.25, -0.2) is 9.49 Å². The van der Waals surface area contributed by atoms with E-state index in [0.29, 0.717) is 42.4 Å². The number of aliphatic hydroxyl groups is 1. The van der Waals surface area contributed by atoms with Crippen molar-refractivity contribution in [3.05, 3.63) is 73.1 Å². The molecule has 4 aromatic rings. The Bertz CT molecular complexity index is 1650. The minimum atomic E-state index is -0.672. The van der Waals surface area contributed by atoms with Crippen LogP contribution in [0.25, 0.3) is 11.3 Å². The van der Waals surface area contributed by atoms with E-state index in [2.05, 4.69) is 25.9 Å². The van der Waals surface area contributed by atoms with Crippen LogP contribution in [-0.2, 0) is 24.3 Å². The highest BCUT2D eigenvalue weighted by molar-refractivity contribution is 7.14. The molecule has 0 saturated carbocycles. The quantitative estimate of drug-likeness (QED) is 0.291. The Hall–Kier alpha value is -3.87. The zero-order valence-electron chi connectivity index (χ0n) is 21.6. The molecule has 4 N–H and O–H groups in total. The van der Waals surface area contributed by atoms with Crippen molar-refractivity contribution in [2.24, 2.45) is 5.41 Å². The third kappa shape index (κ3) is 4.54. The number of ether oxygens (including phenoxy) is 1. The maximum Gasteiger partial charge on any atom is 0.287 e. The molecule has 1 amide bonds. The van der Waals surface area contributed by atoms with Crippen molar-refractivity contribution in [3.63, 3.8) is 0 Å². The van der Waals surface area contributed by atoms with E-state index in [1.807, 2.05) is 13.8 Å². The summed E-state index contributed by atoms with van der Waals surface area (Å²) in [5.41, 5.74) is 1.86. The number of nitrogens with one attached hydrogen (secondary N) is 3. The lowest BCUT2D eigenvalue weighted by molar-refractivity contribution is 0.0665. The minimum absolute atomic E-state index is 0.0243. The van der Waals surface area contributed by atoms with Gasteiger partial charge in [0.2, 0.25) is 0 Å². The monoisotopic (exact) mass is 550 g/mol. The van der Waals surface area contributed by atoms with Crippen molar-refractivity contribution in [2.75, 3.05) is 17.2 Å². The first-order valence-electron chi connectivity index (χ1n) is 12.5. The number of aryl methyl sites for hydroxylation is 1. The summed E-state index contributed by atoms with van der Waals surface area (Å²) in [7, 11) is 0. The second-order valence-corrected chi connectivity index (χ2v) is 11.7. The van der Waals surface area contributed by atoms with Gasteiger partial charge in [-0.2, -0.15) is 10.2 Å². The zero-order valence-corrected chi connectivity index (χ0v) is 22.4. The van der Waals surface area contributed by atoms with Gasteiger partial charge in [0.25, 0.3) is 11.5 Å². The largest absolute Gasteiger partial charge is 0.388 e. The molecule has 0 spiro atoms. The lowest BCUT2D eigenvalue weighted by Gasteiger charge is -2.22. The third-order valence-electron chi connectivity index (χ3n) is 7.21. The molecule has 0 unspecified atom stereocenters. The number of thiophene rings is 1. The van der Waals surface area contributed by atoms with Crippen molar-refractivity contribution < 1.29 is 19.0 Å². The second-order valence-electron chi connectivity index (χ2n) is 10.5. The second kappa shape index (κ2) is 9.40. The Labute approximate surface area is 226 Å². The van der Waals surface area contributed by atoms with E-state index >= 15 is 4.39 Å². The number of fused-ring (bicyclic) bond motifs is 2. The van der Waals surface area contributed by atoms with E-state index in [-0.39, 0.29) is 28.0 Å². The van der Waals surface area contributed by atoms with Crippen molar-refractivity contribution in [3.8, 4) is 11.3 Å². The molecule has 1 aromatic carbocycles. The smallest absolute Gasteiger partial charge is 0.287 e. The summed E-state index contributed by atoms with van der Waals surface area (Å²) in [4.78, 5) is 26.9. The Kier molecular flexibility index (Phi) is 6.12. The molecule has 202 valence electrons. The fourth-order valence-corrected chi connectivity index (χ4v) is 6.31. The van der Waals surface area contributed by atoms with Gasteiger partial charge in [-0.1, -0.05) is 19.9 Å². The molecule has 3 aromatic heterocycles. The molecule has 1 aliphatic carbocycles. The van der Waals surface area contributed by atoms with Gasteiger partial charge in [0.1, 0.15) is 5.69 Å². The van der Waals surface area contributed by atoms with Gasteiger partial charge < -0.3 is 20.5 Å². The van der Waals surface area contributed by atoms with Crippen molar-refractivity contribution in [1.29, 1.82) is 0 Å². The van der Waals surface area contributed by atoms with E-state index < -0.39 is 23.4 Å². The van der Waals surface area contributed by atoms with Crippen LogP contribution >= 0.6 is 11.3 Å². The van der Waals surface area contributed by atoms with Gasteiger partial charge in [0.05, 0.1) is 47.8 Å². The minimum Gasteiger partial charge on any atom is -0.388 e. The Balaban J connectivity index is 1.27. The molecule has 0 bridgehead atoms. The molecule has 0 radical (unpaired) electrons. The van der Waals surface area contributed by atoms with E-state index in [4.69, 9.17) is 4.74 Å². The molecule has 39 heavy (non-hydrogen) atoms. The van der Waals surface area contributed by atoms with Crippen LogP contribution in [-0.4, -0.2) is 37.6 Å². The summed E-state index contributed by atoms with van der Waals surface area (Å²) >= 11 is 1.31. The predicted octanol–water partition coefficient (Wildman–Crippen LogP) is 4.28. The average Bonchev–Trinajstić information content (AvgIpc) is 3.55. The number of hydrogen-bond acceptors (Lipinski definition) is 8. The SMILES string of the molecule is Cc1ccc(-c2cc(Nc3cc4n(n3)CCOC4)c(=O)[nH]n2)c(F)c1NC(=O)c1cc2c(s1)CC(C)(C)[C@@H]2O. The lowest BCUT2D eigenvalue weighted by atomic mass is 9.88. The number of amides is 1. The number of benzene rings is 1. The Morgan fingerprint density at radius 2 is 2.13 bits per heavy atom. The number of halogens is 1. The highest BCUT2D eigenvalue weighted by atomic mass is 32.1. The number of aromatic nitrogens is 4. The Morgan fingerprint density at radius 1 is 1.31 bits per heavy atom. The normalized spacial score (nSPS) is 17.5. The zero-order chi connectivity index (χ0) is 27.5. The van der Waals surface area contributed by atoms with Crippen LogP contribution in [0.1, 0.15) is 51.3 Å².